The highest BCUT2D eigenvalue weighted by atomic mass is 16.7. The van der Waals surface area contributed by atoms with Gasteiger partial charge in [0.2, 0.25) is 0 Å². The minimum absolute atomic E-state index is 0.0454. The highest BCUT2D eigenvalue weighted by Crippen LogP contribution is 2.57. The van der Waals surface area contributed by atoms with Crippen LogP contribution in [0, 0.1) is 29.1 Å². The van der Waals surface area contributed by atoms with Gasteiger partial charge in [0.25, 0.3) is 0 Å². The van der Waals surface area contributed by atoms with E-state index in [0.717, 1.165) is 18.8 Å². The molecule has 0 aromatic rings. The third-order valence-electron chi connectivity index (χ3n) is 6.64. The second-order valence-electron chi connectivity index (χ2n) is 7.56. The molecule has 22 heavy (non-hydrogen) atoms. The number of allylic oxidation sites excluding steroid dienone is 2. The van der Waals surface area contributed by atoms with E-state index < -0.39 is 0 Å². The average Bonchev–Trinajstić information content (AvgIpc) is 3.27. The van der Waals surface area contributed by atoms with E-state index in [1.165, 1.54) is 19.3 Å². The molecular weight excluding hydrogens is 280 g/mol. The van der Waals surface area contributed by atoms with Crippen molar-refractivity contribution in [2.24, 2.45) is 29.1 Å². The number of esters is 1. The van der Waals surface area contributed by atoms with Gasteiger partial charge in [-0.05, 0) is 49.9 Å². The Labute approximate surface area is 131 Å². The van der Waals surface area contributed by atoms with Gasteiger partial charge >= 0.3 is 5.97 Å². The molecule has 4 heteroatoms. The molecule has 0 saturated heterocycles. The Morgan fingerprint density at radius 3 is 2.86 bits per heavy atom. The maximum atomic E-state index is 12.2. The Bertz CT molecular complexity index is 525. The molecule has 0 spiro atoms. The number of hydrogen-bond donors (Lipinski definition) is 0. The molecule has 0 aliphatic heterocycles. The summed E-state index contributed by atoms with van der Waals surface area (Å²) in [6, 6.07) is 0. The first-order valence-electron chi connectivity index (χ1n) is 8.63. The van der Waals surface area contributed by atoms with Crippen LogP contribution in [0.2, 0.25) is 0 Å². The lowest BCUT2D eigenvalue weighted by Gasteiger charge is -2.33. The highest BCUT2D eigenvalue weighted by Gasteiger charge is 2.52. The summed E-state index contributed by atoms with van der Waals surface area (Å²) in [7, 11) is 0. The summed E-state index contributed by atoms with van der Waals surface area (Å²) in [4.78, 5) is 24.0. The number of hydrogen-bond acceptors (Lipinski definition) is 4. The topological polar surface area (TPSA) is 52.6 Å². The van der Waals surface area contributed by atoms with Crippen LogP contribution in [0.15, 0.2) is 12.2 Å². The summed E-state index contributed by atoms with van der Waals surface area (Å²) in [6.45, 7) is 2.28. The molecule has 3 fully saturated rings. The first kappa shape index (κ1) is 14.4. The number of carbonyl (C=O) groups excluding carboxylic acids is 2. The molecule has 4 aliphatic rings. The van der Waals surface area contributed by atoms with Gasteiger partial charge in [0.15, 0.2) is 6.79 Å². The van der Waals surface area contributed by atoms with E-state index in [1.54, 1.807) is 0 Å². The van der Waals surface area contributed by atoms with E-state index in [1.807, 2.05) is 12.2 Å². The highest BCUT2D eigenvalue weighted by molar-refractivity contribution is 5.96. The molecule has 4 nitrogen and oxygen atoms in total. The van der Waals surface area contributed by atoms with Crippen molar-refractivity contribution in [2.75, 3.05) is 6.79 Å². The molecule has 0 aromatic heterocycles. The predicted octanol–water partition coefficient (Wildman–Crippen LogP) is 2.86. The van der Waals surface area contributed by atoms with Crippen LogP contribution in [-0.4, -0.2) is 24.6 Å². The molecule has 4 bridgehead atoms. The molecular formula is C18H24O4. The minimum Gasteiger partial charge on any atom is -0.438 e. The van der Waals surface area contributed by atoms with Crippen molar-refractivity contribution >= 4 is 11.8 Å². The molecule has 0 heterocycles. The molecule has 3 saturated carbocycles. The summed E-state index contributed by atoms with van der Waals surface area (Å²) >= 11 is 0. The molecule has 4 aliphatic carbocycles. The van der Waals surface area contributed by atoms with Gasteiger partial charge in [-0.15, -0.1) is 0 Å². The van der Waals surface area contributed by atoms with Crippen LogP contribution in [0.4, 0.5) is 0 Å². The van der Waals surface area contributed by atoms with Crippen LogP contribution in [0.1, 0.15) is 45.4 Å². The van der Waals surface area contributed by atoms with Crippen LogP contribution in [0.5, 0.6) is 0 Å². The molecule has 120 valence electrons. The lowest BCUT2D eigenvalue weighted by molar-refractivity contribution is -0.173. The molecule has 0 N–H and O–H groups in total. The smallest absolute Gasteiger partial charge is 0.312 e. The molecule has 0 amide bonds. The Morgan fingerprint density at radius 1 is 1.36 bits per heavy atom. The van der Waals surface area contributed by atoms with Crippen LogP contribution in [0.25, 0.3) is 0 Å². The zero-order valence-corrected chi connectivity index (χ0v) is 13.1. The fourth-order valence-electron chi connectivity index (χ4n) is 5.27. The molecule has 4 rings (SSSR count). The fraction of sp³-hybridized carbons (Fsp3) is 0.778. The van der Waals surface area contributed by atoms with Gasteiger partial charge in [-0.1, -0.05) is 19.1 Å². The van der Waals surface area contributed by atoms with Crippen LogP contribution in [0.3, 0.4) is 0 Å². The summed E-state index contributed by atoms with van der Waals surface area (Å²) in [5.74, 6) is 0.124. The number of fused-ring (bicyclic) bond motifs is 4. The number of rotatable bonds is 5. The van der Waals surface area contributed by atoms with Gasteiger partial charge in [-0.3, -0.25) is 9.59 Å². The molecule has 6 atom stereocenters. The normalized spacial score (nSPS) is 45.0. The van der Waals surface area contributed by atoms with Gasteiger partial charge in [0.1, 0.15) is 5.78 Å². The lowest BCUT2D eigenvalue weighted by Crippen LogP contribution is -2.33. The largest absolute Gasteiger partial charge is 0.438 e. The molecule has 6 unspecified atom stereocenters. The van der Waals surface area contributed by atoms with Gasteiger partial charge in [0, 0.05) is 11.8 Å². The maximum Gasteiger partial charge on any atom is 0.312 e. The number of ketones is 1. The van der Waals surface area contributed by atoms with E-state index in [9.17, 15) is 9.59 Å². The van der Waals surface area contributed by atoms with Crippen LogP contribution < -0.4 is 0 Å². The zero-order valence-electron chi connectivity index (χ0n) is 13.1. The van der Waals surface area contributed by atoms with Gasteiger partial charge in [-0.25, -0.2) is 0 Å². The predicted molar refractivity (Wildman–Crippen MR) is 79.7 cm³/mol. The third kappa shape index (κ3) is 2.07. The quantitative estimate of drug-likeness (QED) is 0.445. The fourth-order valence-corrected chi connectivity index (χ4v) is 5.27. The number of ether oxygens (including phenoxy) is 2. The minimum atomic E-state index is -0.286. The Hall–Kier alpha value is -1.16. The van der Waals surface area contributed by atoms with Crippen molar-refractivity contribution in [3.63, 3.8) is 0 Å². The number of Topliss-reactive ketones (excluding diaryl/α,β-unsaturated/α-hetero) is 1. The van der Waals surface area contributed by atoms with Crippen molar-refractivity contribution in [1.29, 1.82) is 0 Å². The summed E-state index contributed by atoms with van der Waals surface area (Å²) in [6.07, 6.45) is 10.8. The molecule has 0 aromatic carbocycles. The second kappa shape index (κ2) is 5.19. The van der Waals surface area contributed by atoms with Crippen LogP contribution >= 0.6 is 0 Å². The average molecular weight is 304 g/mol. The van der Waals surface area contributed by atoms with E-state index in [2.05, 4.69) is 6.92 Å². The Kier molecular flexibility index (Phi) is 3.40. The van der Waals surface area contributed by atoms with E-state index in [-0.39, 0.29) is 42.4 Å². The van der Waals surface area contributed by atoms with Crippen molar-refractivity contribution in [2.45, 2.75) is 51.6 Å². The van der Waals surface area contributed by atoms with Gasteiger partial charge in [0.05, 0.1) is 12.0 Å². The summed E-state index contributed by atoms with van der Waals surface area (Å²) in [5, 5.41) is 0. The van der Waals surface area contributed by atoms with Gasteiger partial charge in [-0.2, -0.15) is 0 Å². The van der Waals surface area contributed by atoms with E-state index in [0.29, 0.717) is 11.8 Å². The Balaban J connectivity index is 1.28. The van der Waals surface area contributed by atoms with Crippen molar-refractivity contribution < 1.29 is 19.1 Å². The third-order valence-corrected chi connectivity index (χ3v) is 6.64. The van der Waals surface area contributed by atoms with Crippen LogP contribution in [-0.2, 0) is 19.1 Å². The van der Waals surface area contributed by atoms with E-state index >= 15 is 0 Å². The van der Waals surface area contributed by atoms with E-state index in [4.69, 9.17) is 9.47 Å². The van der Waals surface area contributed by atoms with Crippen molar-refractivity contribution in [1.82, 2.24) is 0 Å². The SMILES string of the molecule is CCC12CCC(CC1OCOC(=O)C1CC3C=CC1C3=O)C2. The maximum absolute atomic E-state index is 12.2. The first-order valence-corrected chi connectivity index (χ1v) is 8.63. The summed E-state index contributed by atoms with van der Waals surface area (Å²) in [5.41, 5.74) is 0.322. The second-order valence-corrected chi connectivity index (χ2v) is 7.56. The first-order chi connectivity index (χ1) is 10.6. The number of carbonyl (C=O) groups is 2. The Morgan fingerprint density at radius 2 is 2.23 bits per heavy atom. The zero-order chi connectivity index (χ0) is 15.3. The van der Waals surface area contributed by atoms with Gasteiger partial charge < -0.3 is 9.47 Å². The molecule has 0 radical (unpaired) electrons. The standard InChI is InChI=1S/C18H24O4/c1-2-18-6-5-11(9-18)7-15(18)21-10-22-17(20)14-8-12-3-4-13(14)16(12)19/h3-4,11-15H,2,5-10H2,1H3. The lowest BCUT2D eigenvalue weighted by atomic mass is 9.79. The van der Waals surface area contributed by atoms with Crippen molar-refractivity contribution in [3.05, 3.63) is 12.2 Å². The monoisotopic (exact) mass is 304 g/mol. The summed E-state index contributed by atoms with van der Waals surface area (Å²) < 4.78 is 11.3. The van der Waals surface area contributed by atoms with Crippen molar-refractivity contribution in [3.8, 4) is 0 Å².